The zero-order valence-electron chi connectivity index (χ0n) is 12.5. The molecule has 0 radical (unpaired) electrons. The molecule has 0 amide bonds. The Morgan fingerprint density at radius 1 is 1.37 bits per heavy atom. The number of furan rings is 1. The van der Waals surface area contributed by atoms with Crippen LogP contribution in [-0.2, 0) is 13.1 Å². The SMILES string of the molecule is CCCNCc1cc(CN2CC=C(C)CC2)c(C)o1. The molecule has 0 atom stereocenters. The normalized spacial score (nSPS) is 16.7. The quantitative estimate of drug-likeness (QED) is 0.630. The van der Waals surface area contributed by atoms with Crippen LogP contribution in [0, 0.1) is 6.92 Å². The first kappa shape index (κ1) is 14.4. The maximum Gasteiger partial charge on any atom is 0.118 e. The van der Waals surface area contributed by atoms with Gasteiger partial charge in [0.15, 0.2) is 0 Å². The van der Waals surface area contributed by atoms with E-state index in [4.69, 9.17) is 4.42 Å². The highest BCUT2D eigenvalue weighted by Gasteiger charge is 2.13. The number of hydrogen-bond donors (Lipinski definition) is 1. The van der Waals surface area contributed by atoms with Gasteiger partial charge in [-0.3, -0.25) is 4.90 Å². The molecule has 3 nitrogen and oxygen atoms in total. The van der Waals surface area contributed by atoms with Gasteiger partial charge in [0.25, 0.3) is 0 Å². The van der Waals surface area contributed by atoms with E-state index in [0.717, 1.165) is 50.7 Å². The summed E-state index contributed by atoms with van der Waals surface area (Å²) in [6, 6.07) is 2.21. The number of nitrogens with one attached hydrogen (secondary N) is 1. The van der Waals surface area contributed by atoms with E-state index in [-0.39, 0.29) is 0 Å². The Morgan fingerprint density at radius 2 is 2.21 bits per heavy atom. The van der Waals surface area contributed by atoms with Crippen LogP contribution in [0.3, 0.4) is 0 Å². The smallest absolute Gasteiger partial charge is 0.118 e. The maximum absolute atomic E-state index is 5.82. The standard InChI is InChI=1S/C16H26N2O/c1-4-7-17-11-16-10-15(14(3)19-16)12-18-8-5-13(2)6-9-18/h5,10,17H,4,6-9,11-12H2,1-3H3. The first-order valence-electron chi connectivity index (χ1n) is 7.36. The summed E-state index contributed by atoms with van der Waals surface area (Å²) in [5.74, 6) is 2.13. The third kappa shape index (κ3) is 4.22. The molecule has 0 aromatic carbocycles. The van der Waals surface area contributed by atoms with Crippen molar-refractivity contribution in [3.63, 3.8) is 0 Å². The van der Waals surface area contributed by atoms with Gasteiger partial charge in [0.05, 0.1) is 6.54 Å². The third-order valence-corrected chi connectivity index (χ3v) is 3.71. The van der Waals surface area contributed by atoms with E-state index in [1.807, 2.05) is 0 Å². The zero-order valence-corrected chi connectivity index (χ0v) is 12.5. The Bertz CT molecular complexity index is 434. The Labute approximate surface area is 116 Å². The summed E-state index contributed by atoms with van der Waals surface area (Å²) in [7, 11) is 0. The predicted molar refractivity (Wildman–Crippen MR) is 79.1 cm³/mol. The molecule has 19 heavy (non-hydrogen) atoms. The third-order valence-electron chi connectivity index (χ3n) is 3.71. The Balaban J connectivity index is 1.89. The van der Waals surface area contributed by atoms with Crippen molar-refractivity contribution in [1.29, 1.82) is 0 Å². The second-order valence-corrected chi connectivity index (χ2v) is 5.51. The summed E-state index contributed by atoms with van der Waals surface area (Å²) >= 11 is 0. The lowest BCUT2D eigenvalue weighted by atomic mass is 10.1. The van der Waals surface area contributed by atoms with E-state index in [9.17, 15) is 0 Å². The lowest BCUT2D eigenvalue weighted by Gasteiger charge is -2.24. The highest BCUT2D eigenvalue weighted by molar-refractivity contribution is 5.21. The molecule has 0 fully saturated rings. The van der Waals surface area contributed by atoms with Crippen LogP contribution in [0.15, 0.2) is 22.1 Å². The zero-order chi connectivity index (χ0) is 13.7. The molecule has 1 aliphatic rings. The Kier molecular flexibility index (Phi) is 5.23. The van der Waals surface area contributed by atoms with Gasteiger partial charge in [-0.2, -0.15) is 0 Å². The number of rotatable bonds is 6. The van der Waals surface area contributed by atoms with Gasteiger partial charge in [0.1, 0.15) is 11.5 Å². The fraction of sp³-hybridized carbons (Fsp3) is 0.625. The van der Waals surface area contributed by atoms with Crippen LogP contribution < -0.4 is 5.32 Å². The highest BCUT2D eigenvalue weighted by atomic mass is 16.3. The molecule has 106 valence electrons. The molecule has 0 unspecified atom stereocenters. The van der Waals surface area contributed by atoms with E-state index in [1.54, 1.807) is 0 Å². The molecule has 1 N–H and O–H groups in total. The summed E-state index contributed by atoms with van der Waals surface area (Å²) in [5, 5.41) is 3.38. The summed E-state index contributed by atoms with van der Waals surface area (Å²) in [6.07, 6.45) is 4.69. The average molecular weight is 262 g/mol. The van der Waals surface area contributed by atoms with E-state index in [1.165, 1.54) is 17.6 Å². The average Bonchev–Trinajstić information content (AvgIpc) is 2.73. The second-order valence-electron chi connectivity index (χ2n) is 5.51. The molecule has 1 aromatic heterocycles. The van der Waals surface area contributed by atoms with Crippen LogP contribution in [0.2, 0.25) is 0 Å². The number of hydrogen-bond acceptors (Lipinski definition) is 3. The summed E-state index contributed by atoms with van der Waals surface area (Å²) in [4.78, 5) is 2.48. The van der Waals surface area contributed by atoms with Gasteiger partial charge in [0, 0.05) is 25.2 Å². The van der Waals surface area contributed by atoms with Crippen molar-refractivity contribution in [2.24, 2.45) is 0 Å². The van der Waals surface area contributed by atoms with Crippen LogP contribution in [0.1, 0.15) is 43.8 Å². The van der Waals surface area contributed by atoms with Crippen LogP contribution in [0.5, 0.6) is 0 Å². The van der Waals surface area contributed by atoms with Crippen LogP contribution in [-0.4, -0.2) is 24.5 Å². The monoisotopic (exact) mass is 262 g/mol. The molecular weight excluding hydrogens is 236 g/mol. The summed E-state index contributed by atoms with van der Waals surface area (Å²) < 4.78 is 5.82. The van der Waals surface area contributed by atoms with Gasteiger partial charge in [0.2, 0.25) is 0 Å². The van der Waals surface area contributed by atoms with Gasteiger partial charge in [-0.05, 0) is 39.3 Å². The largest absolute Gasteiger partial charge is 0.465 e. The molecule has 2 heterocycles. The fourth-order valence-corrected chi connectivity index (χ4v) is 2.42. The van der Waals surface area contributed by atoms with E-state index >= 15 is 0 Å². The molecule has 3 heteroatoms. The van der Waals surface area contributed by atoms with Crippen molar-refractivity contribution >= 4 is 0 Å². The second kappa shape index (κ2) is 6.92. The van der Waals surface area contributed by atoms with E-state index in [2.05, 4.69) is 43.1 Å². The summed E-state index contributed by atoms with van der Waals surface area (Å²) in [6.45, 7) is 11.6. The number of nitrogens with zero attached hydrogens (tertiary/aromatic N) is 1. The minimum absolute atomic E-state index is 0.841. The topological polar surface area (TPSA) is 28.4 Å². The molecule has 0 aliphatic carbocycles. The molecule has 0 bridgehead atoms. The lowest BCUT2D eigenvalue weighted by Crippen LogP contribution is -2.27. The predicted octanol–water partition coefficient (Wildman–Crippen LogP) is 3.24. The van der Waals surface area contributed by atoms with Gasteiger partial charge < -0.3 is 9.73 Å². The van der Waals surface area contributed by atoms with Crippen LogP contribution in [0.25, 0.3) is 0 Å². The Hall–Kier alpha value is -1.06. The molecule has 2 rings (SSSR count). The van der Waals surface area contributed by atoms with Crippen molar-refractivity contribution in [2.75, 3.05) is 19.6 Å². The van der Waals surface area contributed by atoms with Crippen molar-refractivity contribution in [3.05, 3.63) is 34.8 Å². The Morgan fingerprint density at radius 3 is 2.89 bits per heavy atom. The van der Waals surface area contributed by atoms with E-state index < -0.39 is 0 Å². The first-order valence-corrected chi connectivity index (χ1v) is 7.36. The highest BCUT2D eigenvalue weighted by Crippen LogP contribution is 2.19. The number of aryl methyl sites for hydroxylation is 1. The molecule has 0 spiro atoms. The van der Waals surface area contributed by atoms with Crippen molar-refractivity contribution < 1.29 is 4.42 Å². The lowest BCUT2D eigenvalue weighted by molar-refractivity contribution is 0.284. The fourth-order valence-electron chi connectivity index (χ4n) is 2.42. The van der Waals surface area contributed by atoms with Gasteiger partial charge in [-0.15, -0.1) is 0 Å². The summed E-state index contributed by atoms with van der Waals surface area (Å²) in [5.41, 5.74) is 2.85. The minimum atomic E-state index is 0.841. The molecule has 0 saturated carbocycles. The molecular formula is C16H26N2O. The van der Waals surface area contributed by atoms with Gasteiger partial charge in [-0.25, -0.2) is 0 Å². The molecule has 1 aliphatic heterocycles. The van der Waals surface area contributed by atoms with Crippen molar-refractivity contribution in [2.45, 2.75) is 46.7 Å². The van der Waals surface area contributed by atoms with Crippen LogP contribution in [0.4, 0.5) is 0 Å². The molecule has 1 aromatic rings. The first-order chi connectivity index (χ1) is 9.19. The maximum atomic E-state index is 5.82. The van der Waals surface area contributed by atoms with Crippen molar-refractivity contribution in [1.82, 2.24) is 10.2 Å². The van der Waals surface area contributed by atoms with Crippen molar-refractivity contribution in [3.8, 4) is 0 Å². The minimum Gasteiger partial charge on any atom is -0.465 e. The van der Waals surface area contributed by atoms with Gasteiger partial charge >= 0.3 is 0 Å². The van der Waals surface area contributed by atoms with E-state index in [0.29, 0.717) is 0 Å². The van der Waals surface area contributed by atoms with Crippen LogP contribution >= 0.6 is 0 Å². The van der Waals surface area contributed by atoms with Gasteiger partial charge in [-0.1, -0.05) is 18.6 Å². The molecule has 0 saturated heterocycles.